The highest BCUT2D eigenvalue weighted by atomic mass is 79.9. The Morgan fingerprint density at radius 2 is 1.74 bits per heavy atom. The molecular weight excluding hydrogens is 426 g/mol. The first kappa shape index (κ1) is 19.7. The van der Waals surface area contributed by atoms with Crippen LogP contribution >= 0.6 is 27.3 Å². The smallest absolute Gasteiger partial charge is 0.317 e. The highest BCUT2D eigenvalue weighted by Crippen LogP contribution is 2.25. The summed E-state index contributed by atoms with van der Waals surface area (Å²) in [5.74, 6) is 0.200. The number of esters is 1. The third-order valence-electron chi connectivity index (χ3n) is 3.92. The van der Waals surface area contributed by atoms with Gasteiger partial charge in [0.15, 0.2) is 0 Å². The molecule has 1 atom stereocenters. The first-order valence-corrected chi connectivity index (χ1v) is 10.3. The molecule has 0 aliphatic rings. The summed E-state index contributed by atoms with van der Waals surface area (Å²) in [7, 11) is 0. The van der Waals surface area contributed by atoms with Gasteiger partial charge in [-0.05, 0) is 49.2 Å². The monoisotopic (exact) mass is 445 g/mol. The number of ether oxygens (including phenoxy) is 2. The van der Waals surface area contributed by atoms with Crippen molar-refractivity contribution in [2.75, 3.05) is 6.61 Å². The van der Waals surface area contributed by atoms with E-state index in [0.717, 1.165) is 20.6 Å². The fourth-order valence-electron chi connectivity index (χ4n) is 2.59. The van der Waals surface area contributed by atoms with Gasteiger partial charge in [0.25, 0.3) is 0 Å². The van der Waals surface area contributed by atoms with Crippen LogP contribution in [0, 0.1) is 0 Å². The van der Waals surface area contributed by atoms with Crippen molar-refractivity contribution in [1.29, 1.82) is 0 Å². The van der Waals surface area contributed by atoms with Crippen molar-refractivity contribution in [2.24, 2.45) is 0 Å². The van der Waals surface area contributed by atoms with Gasteiger partial charge in [0.1, 0.15) is 16.9 Å². The van der Waals surface area contributed by atoms with Gasteiger partial charge in [-0.15, -0.1) is 11.3 Å². The predicted octanol–water partition coefficient (Wildman–Crippen LogP) is 5.82. The van der Waals surface area contributed by atoms with Gasteiger partial charge in [-0.25, -0.2) is 4.98 Å². The topological polar surface area (TPSA) is 48.4 Å². The molecule has 2 aromatic carbocycles. The molecule has 3 rings (SSSR count). The van der Waals surface area contributed by atoms with Crippen LogP contribution in [0.15, 0.2) is 58.4 Å². The highest BCUT2D eigenvalue weighted by molar-refractivity contribution is 9.10. The lowest BCUT2D eigenvalue weighted by molar-refractivity contribution is -0.133. The molecule has 0 N–H and O–H groups in total. The zero-order valence-electron chi connectivity index (χ0n) is 15.1. The van der Waals surface area contributed by atoms with Crippen molar-refractivity contribution in [3.63, 3.8) is 0 Å². The van der Waals surface area contributed by atoms with Crippen molar-refractivity contribution in [2.45, 2.75) is 26.4 Å². The summed E-state index contributed by atoms with van der Waals surface area (Å²) < 4.78 is 12.0. The second-order valence-electron chi connectivity index (χ2n) is 5.96. The van der Waals surface area contributed by atoms with Crippen LogP contribution in [0.5, 0.6) is 5.75 Å². The quantitative estimate of drug-likeness (QED) is 0.339. The molecule has 0 saturated carbocycles. The zero-order chi connectivity index (χ0) is 19.2. The average molecular weight is 446 g/mol. The maximum absolute atomic E-state index is 12.2. The van der Waals surface area contributed by atoms with Crippen molar-refractivity contribution >= 4 is 33.2 Å². The van der Waals surface area contributed by atoms with Crippen molar-refractivity contribution in [3.05, 3.63) is 69.1 Å². The molecule has 4 nitrogen and oxygen atoms in total. The summed E-state index contributed by atoms with van der Waals surface area (Å²) >= 11 is 4.93. The van der Waals surface area contributed by atoms with Crippen LogP contribution in [0.2, 0.25) is 0 Å². The van der Waals surface area contributed by atoms with Crippen LogP contribution in [0.1, 0.15) is 30.7 Å². The molecule has 0 fully saturated rings. The Morgan fingerprint density at radius 1 is 1.11 bits per heavy atom. The Balaban J connectivity index is 1.58. The lowest BCUT2D eigenvalue weighted by atomic mass is 10.1. The van der Waals surface area contributed by atoms with Gasteiger partial charge in [0.05, 0.1) is 12.1 Å². The van der Waals surface area contributed by atoms with Gasteiger partial charge in [0.2, 0.25) is 0 Å². The standard InChI is InChI=1S/C21H20BrNO3S/c1-3-25-14(2)21-23-18(13-27-21)12-20(24)26-19-10-6-16(7-11-19)15-4-8-17(22)9-5-15/h4-11,13-14H,3,12H2,1-2H3. The van der Waals surface area contributed by atoms with Crippen molar-refractivity contribution in [3.8, 4) is 16.9 Å². The third kappa shape index (κ3) is 5.48. The van der Waals surface area contributed by atoms with E-state index in [-0.39, 0.29) is 18.5 Å². The third-order valence-corrected chi connectivity index (χ3v) is 5.51. The van der Waals surface area contributed by atoms with E-state index in [0.29, 0.717) is 18.1 Å². The van der Waals surface area contributed by atoms with E-state index in [4.69, 9.17) is 9.47 Å². The number of carbonyl (C=O) groups excluding carboxylic acids is 1. The fraction of sp³-hybridized carbons (Fsp3) is 0.238. The predicted molar refractivity (Wildman–Crippen MR) is 111 cm³/mol. The van der Waals surface area contributed by atoms with E-state index in [2.05, 4.69) is 20.9 Å². The van der Waals surface area contributed by atoms with Gasteiger partial charge in [0, 0.05) is 16.5 Å². The number of hydrogen-bond acceptors (Lipinski definition) is 5. The van der Waals surface area contributed by atoms with E-state index >= 15 is 0 Å². The fourth-order valence-corrected chi connectivity index (χ4v) is 3.67. The van der Waals surface area contributed by atoms with Gasteiger partial charge in [-0.2, -0.15) is 0 Å². The molecule has 0 spiro atoms. The van der Waals surface area contributed by atoms with Crippen LogP contribution in [-0.4, -0.2) is 17.6 Å². The van der Waals surface area contributed by atoms with Crippen LogP contribution < -0.4 is 4.74 Å². The van der Waals surface area contributed by atoms with Crippen molar-refractivity contribution < 1.29 is 14.3 Å². The molecule has 1 heterocycles. The molecular formula is C21H20BrNO3S. The van der Waals surface area contributed by atoms with Gasteiger partial charge < -0.3 is 9.47 Å². The molecule has 0 radical (unpaired) electrons. The second-order valence-corrected chi connectivity index (χ2v) is 7.76. The number of carbonyl (C=O) groups is 1. The lowest BCUT2D eigenvalue weighted by Gasteiger charge is -2.07. The Morgan fingerprint density at radius 3 is 2.37 bits per heavy atom. The Kier molecular flexibility index (Phi) is 6.77. The summed E-state index contributed by atoms with van der Waals surface area (Å²) in [6, 6.07) is 15.6. The number of halogens is 1. The molecule has 6 heteroatoms. The minimum absolute atomic E-state index is 0.0593. The largest absolute Gasteiger partial charge is 0.426 e. The number of hydrogen-bond donors (Lipinski definition) is 0. The Bertz CT molecular complexity index is 891. The second kappa shape index (κ2) is 9.26. The van der Waals surface area contributed by atoms with Gasteiger partial charge in [-0.1, -0.05) is 40.2 Å². The van der Waals surface area contributed by atoms with E-state index in [1.807, 2.05) is 55.6 Å². The van der Waals surface area contributed by atoms with Crippen LogP contribution in [-0.2, 0) is 16.0 Å². The van der Waals surface area contributed by atoms with E-state index in [1.54, 1.807) is 12.1 Å². The molecule has 0 aliphatic heterocycles. The molecule has 0 aliphatic carbocycles. The minimum atomic E-state index is -0.327. The van der Waals surface area contributed by atoms with Crippen LogP contribution in [0.3, 0.4) is 0 Å². The summed E-state index contributed by atoms with van der Waals surface area (Å²) in [5, 5.41) is 2.75. The molecule has 0 saturated heterocycles. The SMILES string of the molecule is CCOC(C)c1nc(CC(=O)Oc2ccc(-c3ccc(Br)cc3)cc2)cs1. The summed E-state index contributed by atoms with van der Waals surface area (Å²) in [5.41, 5.74) is 2.88. The average Bonchev–Trinajstić information content (AvgIpc) is 3.12. The summed E-state index contributed by atoms with van der Waals surface area (Å²) in [6.45, 7) is 4.54. The minimum Gasteiger partial charge on any atom is -0.426 e. The molecule has 0 bridgehead atoms. The first-order valence-electron chi connectivity index (χ1n) is 8.67. The molecule has 140 valence electrons. The maximum Gasteiger partial charge on any atom is 0.317 e. The number of thiazole rings is 1. The van der Waals surface area contributed by atoms with E-state index in [1.165, 1.54) is 11.3 Å². The van der Waals surface area contributed by atoms with E-state index in [9.17, 15) is 4.79 Å². The van der Waals surface area contributed by atoms with E-state index < -0.39 is 0 Å². The first-order chi connectivity index (χ1) is 13.0. The van der Waals surface area contributed by atoms with Crippen LogP contribution in [0.25, 0.3) is 11.1 Å². The number of benzene rings is 2. The van der Waals surface area contributed by atoms with Crippen LogP contribution in [0.4, 0.5) is 0 Å². The zero-order valence-corrected chi connectivity index (χ0v) is 17.5. The number of rotatable bonds is 7. The lowest BCUT2D eigenvalue weighted by Crippen LogP contribution is -2.11. The highest BCUT2D eigenvalue weighted by Gasteiger charge is 2.14. The Hall–Kier alpha value is -2.02. The van der Waals surface area contributed by atoms with Gasteiger partial charge >= 0.3 is 5.97 Å². The molecule has 1 unspecified atom stereocenters. The summed E-state index contributed by atoms with van der Waals surface area (Å²) in [6.07, 6.45) is 0.0833. The number of aromatic nitrogens is 1. The molecule has 1 aromatic heterocycles. The van der Waals surface area contributed by atoms with Crippen molar-refractivity contribution in [1.82, 2.24) is 4.98 Å². The van der Waals surface area contributed by atoms with Gasteiger partial charge in [-0.3, -0.25) is 4.79 Å². The number of nitrogens with zero attached hydrogens (tertiary/aromatic N) is 1. The normalized spacial score (nSPS) is 12.0. The molecule has 27 heavy (non-hydrogen) atoms. The maximum atomic E-state index is 12.2. The summed E-state index contributed by atoms with van der Waals surface area (Å²) in [4.78, 5) is 16.6. The molecule has 3 aromatic rings. The Labute approximate surface area is 171 Å². The molecule has 0 amide bonds.